The molecule has 0 fully saturated rings. The maximum atomic E-state index is 6.67. The number of ether oxygens (including phenoxy) is 2. The number of fused-ring (bicyclic) bond motifs is 5. The molecule has 0 radical (unpaired) electrons. The average molecular weight is 654 g/mol. The van der Waals surface area contributed by atoms with E-state index in [1.807, 2.05) is 30.5 Å². The van der Waals surface area contributed by atoms with E-state index >= 15 is 0 Å². The van der Waals surface area contributed by atoms with Gasteiger partial charge in [-0.1, -0.05) is 146 Å². The molecule has 10 rings (SSSR count). The van der Waals surface area contributed by atoms with Gasteiger partial charge in [-0.3, -0.25) is 4.98 Å². The van der Waals surface area contributed by atoms with Gasteiger partial charge in [0, 0.05) is 11.8 Å². The summed E-state index contributed by atoms with van der Waals surface area (Å²) in [5.41, 5.74) is 13.3. The van der Waals surface area contributed by atoms with Crippen LogP contribution in [0, 0.1) is 0 Å². The van der Waals surface area contributed by atoms with E-state index in [0.29, 0.717) is 11.5 Å². The van der Waals surface area contributed by atoms with E-state index in [-0.39, 0.29) is 0 Å². The van der Waals surface area contributed by atoms with E-state index < -0.39 is 5.41 Å². The second kappa shape index (κ2) is 11.7. The SMILES string of the molecule is c1ccc(C2(c3ccccc3)c3ccccc3-c3cc4c(cc32)Oc2ccc(-c3ccc(-c5ccc(-c6ccccn6)cc5)cc3)cc2O4)cc1. The molecule has 8 aromatic rings. The van der Waals surface area contributed by atoms with Crippen molar-refractivity contribution in [3.05, 3.63) is 210 Å². The highest BCUT2D eigenvalue weighted by Gasteiger charge is 2.47. The van der Waals surface area contributed by atoms with Crippen molar-refractivity contribution in [2.24, 2.45) is 0 Å². The van der Waals surface area contributed by atoms with Crippen molar-refractivity contribution in [1.29, 1.82) is 0 Å². The summed E-state index contributed by atoms with van der Waals surface area (Å²) >= 11 is 0. The first-order valence-electron chi connectivity index (χ1n) is 17.3. The van der Waals surface area contributed by atoms with Gasteiger partial charge in [-0.2, -0.15) is 0 Å². The number of rotatable bonds is 5. The third kappa shape index (κ3) is 4.70. The minimum atomic E-state index is -0.496. The molecule has 51 heavy (non-hydrogen) atoms. The van der Waals surface area contributed by atoms with Crippen LogP contribution >= 0.6 is 0 Å². The summed E-state index contributed by atoms with van der Waals surface area (Å²) in [4.78, 5) is 4.47. The molecule has 0 amide bonds. The quantitative estimate of drug-likeness (QED) is 0.185. The fourth-order valence-corrected chi connectivity index (χ4v) is 7.92. The summed E-state index contributed by atoms with van der Waals surface area (Å²) in [6.45, 7) is 0. The van der Waals surface area contributed by atoms with Crippen molar-refractivity contribution in [2.45, 2.75) is 5.41 Å². The Kier molecular flexibility index (Phi) is 6.71. The lowest BCUT2D eigenvalue weighted by atomic mass is 9.67. The first kappa shape index (κ1) is 29.2. The monoisotopic (exact) mass is 653 g/mol. The maximum Gasteiger partial charge on any atom is 0.170 e. The van der Waals surface area contributed by atoms with Gasteiger partial charge in [0.2, 0.25) is 0 Å². The number of hydrogen-bond donors (Lipinski definition) is 0. The van der Waals surface area contributed by atoms with Gasteiger partial charge < -0.3 is 9.47 Å². The maximum absolute atomic E-state index is 6.67. The van der Waals surface area contributed by atoms with Gasteiger partial charge in [0.25, 0.3) is 0 Å². The standard InChI is InChI=1S/C48H31NO2/c1-3-11-37(12-4-1)48(38-13-5-2-6-14-38)41-16-8-7-15-39(41)40-30-46-47(31-42(40)48)50-44-27-26-36(29-45(44)51-46)34-20-18-32(19-21-34)33-22-24-35(25-23-33)43-17-9-10-28-49-43/h1-31H. The Morgan fingerprint density at radius 2 is 0.882 bits per heavy atom. The predicted octanol–water partition coefficient (Wildman–Crippen LogP) is 12.3. The fourth-order valence-electron chi connectivity index (χ4n) is 7.92. The van der Waals surface area contributed by atoms with Crippen LogP contribution in [0.4, 0.5) is 0 Å². The average Bonchev–Trinajstić information content (AvgIpc) is 3.50. The minimum absolute atomic E-state index is 0.496. The number of nitrogens with zero attached hydrogens (tertiary/aromatic N) is 1. The van der Waals surface area contributed by atoms with Crippen molar-refractivity contribution < 1.29 is 9.47 Å². The van der Waals surface area contributed by atoms with E-state index in [0.717, 1.165) is 50.6 Å². The number of benzene rings is 7. The lowest BCUT2D eigenvalue weighted by Gasteiger charge is -2.34. The summed E-state index contributed by atoms with van der Waals surface area (Å²) in [7, 11) is 0. The van der Waals surface area contributed by atoms with Crippen LogP contribution in [0.1, 0.15) is 22.3 Å². The van der Waals surface area contributed by atoms with Crippen LogP contribution in [-0.2, 0) is 5.41 Å². The van der Waals surface area contributed by atoms with Gasteiger partial charge in [-0.15, -0.1) is 0 Å². The molecule has 0 unspecified atom stereocenters. The van der Waals surface area contributed by atoms with E-state index in [2.05, 4.69) is 163 Å². The van der Waals surface area contributed by atoms with Crippen molar-refractivity contribution in [3.63, 3.8) is 0 Å². The zero-order valence-electron chi connectivity index (χ0n) is 27.7. The highest BCUT2D eigenvalue weighted by molar-refractivity contribution is 5.88. The van der Waals surface area contributed by atoms with Crippen molar-refractivity contribution >= 4 is 0 Å². The lowest BCUT2D eigenvalue weighted by Crippen LogP contribution is -2.28. The largest absolute Gasteiger partial charge is 0.450 e. The van der Waals surface area contributed by atoms with Gasteiger partial charge in [0.15, 0.2) is 23.0 Å². The molecule has 0 atom stereocenters. The molecule has 7 aromatic carbocycles. The zero-order valence-corrected chi connectivity index (χ0v) is 27.7. The number of aromatic nitrogens is 1. The summed E-state index contributed by atoms with van der Waals surface area (Å²) in [6, 6.07) is 64.1. The molecule has 0 N–H and O–H groups in total. The molecule has 2 aliphatic rings. The van der Waals surface area contributed by atoms with Crippen LogP contribution < -0.4 is 9.47 Å². The Labute approximate surface area is 297 Å². The molecule has 240 valence electrons. The molecule has 3 heteroatoms. The Bertz CT molecular complexity index is 2500. The normalized spacial score (nSPS) is 13.2. The van der Waals surface area contributed by atoms with E-state index in [9.17, 15) is 0 Å². The molecule has 1 aromatic heterocycles. The highest BCUT2D eigenvalue weighted by atomic mass is 16.6. The number of hydrogen-bond acceptors (Lipinski definition) is 3. The van der Waals surface area contributed by atoms with Crippen molar-refractivity contribution in [3.8, 4) is 67.6 Å². The van der Waals surface area contributed by atoms with Gasteiger partial charge in [-0.25, -0.2) is 0 Å². The fraction of sp³-hybridized carbons (Fsp3) is 0.0208. The summed E-state index contributed by atoms with van der Waals surface area (Å²) in [6.07, 6.45) is 1.83. The molecular formula is C48H31NO2. The van der Waals surface area contributed by atoms with E-state index in [1.165, 1.54) is 27.8 Å². The first-order chi connectivity index (χ1) is 25.3. The highest BCUT2D eigenvalue weighted by Crippen LogP contribution is 2.59. The van der Waals surface area contributed by atoms with E-state index in [4.69, 9.17) is 9.47 Å². The molecule has 0 spiro atoms. The zero-order chi connectivity index (χ0) is 33.8. The van der Waals surface area contributed by atoms with E-state index in [1.54, 1.807) is 0 Å². The van der Waals surface area contributed by atoms with Crippen LogP contribution in [0.5, 0.6) is 23.0 Å². The topological polar surface area (TPSA) is 31.4 Å². The second-order valence-electron chi connectivity index (χ2n) is 13.1. The molecule has 0 saturated carbocycles. The van der Waals surface area contributed by atoms with Gasteiger partial charge in [0.05, 0.1) is 11.1 Å². The molecule has 1 aliphatic heterocycles. The van der Waals surface area contributed by atoms with Gasteiger partial charge in [-0.05, 0) is 92.0 Å². The predicted molar refractivity (Wildman–Crippen MR) is 204 cm³/mol. The van der Waals surface area contributed by atoms with Crippen LogP contribution in [-0.4, -0.2) is 4.98 Å². The second-order valence-corrected chi connectivity index (χ2v) is 13.1. The van der Waals surface area contributed by atoms with Crippen LogP contribution in [0.25, 0.3) is 44.6 Å². The van der Waals surface area contributed by atoms with Crippen LogP contribution in [0.2, 0.25) is 0 Å². The molecule has 2 heterocycles. The summed E-state index contributed by atoms with van der Waals surface area (Å²) in [5, 5.41) is 0. The molecule has 0 saturated heterocycles. The first-order valence-corrected chi connectivity index (χ1v) is 17.3. The molecular weight excluding hydrogens is 623 g/mol. The van der Waals surface area contributed by atoms with Crippen molar-refractivity contribution in [2.75, 3.05) is 0 Å². The number of pyridine rings is 1. The summed E-state index contributed by atoms with van der Waals surface area (Å²) < 4.78 is 13.3. The minimum Gasteiger partial charge on any atom is -0.450 e. The summed E-state index contributed by atoms with van der Waals surface area (Å²) in [5.74, 6) is 2.85. The third-order valence-corrected chi connectivity index (χ3v) is 10.3. The Hall–Kier alpha value is -6.71. The molecule has 0 bridgehead atoms. The smallest absolute Gasteiger partial charge is 0.170 e. The molecule has 3 nitrogen and oxygen atoms in total. The molecule has 1 aliphatic carbocycles. The Balaban J connectivity index is 0.995. The third-order valence-electron chi connectivity index (χ3n) is 10.3. The van der Waals surface area contributed by atoms with Crippen LogP contribution in [0.15, 0.2) is 188 Å². The van der Waals surface area contributed by atoms with Crippen LogP contribution in [0.3, 0.4) is 0 Å². The lowest BCUT2D eigenvalue weighted by molar-refractivity contribution is 0.359. The Morgan fingerprint density at radius 1 is 0.353 bits per heavy atom. The Morgan fingerprint density at radius 3 is 1.55 bits per heavy atom. The van der Waals surface area contributed by atoms with Gasteiger partial charge in [0.1, 0.15) is 0 Å². The van der Waals surface area contributed by atoms with Gasteiger partial charge >= 0.3 is 0 Å². The van der Waals surface area contributed by atoms with Crippen molar-refractivity contribution in [1.82, 2.24) is 4.98 Å².